The highest BCUT2D eigenvalue weighted by Gasteiger charge is 2.33. The van der Waals surface area contributed by atoms with Crippen molar-refractivity contribution < 1.29 is 18.0 Å². The molecule has 1 heterocycles. The Morgan fingerprint density at radius 2 is 2.05 bits per heavy atom. The number of carbonyl (C=O) groups excluding carboxylic acids is 1. The lowest BCUT2D eigenvalue weighted by Crippen LogP contribution is -2.12. The van der Waals surface area contributed by atoms with E-state index in [9.17, 15) is 18.0 Å². The average Bonchev–Trinajstić information content (AvgIpc) is 2.89. The van der Waals surface area contributed by atoms with E-state index in [1.807, 2.05) is 13.8 Å². The number of rotatable bonds is 3. The monoisotopic (exact) mass is 348 g/mol. The van der Waals surface area contributed by atoms with Crippen molar-refractivity contribution in [3.8, 4) is 0 Å². The summed E-state index contributed by atoms with van der Waals surface area (Å²) in [6.07, 6.45) is -3.16. The first-order valence-electron chi connectivity index (χ1n) is 6.32. The second-order valence-corrected chi connectivity index (χ2v) is 6.33. The maximum atomic E-state index is 12.8. The molecular weight excluding hydrogens is 337 g/mol. The van der Waals surface area contributed by atoms with Crippen molar-refractivity contribution in [2.24, 2.45) is 0 Å². The number of thiazole rings is 1. The lowest BCUT2D eigenvalue weighted by molar-refractivity contribution is -0.137. The van der Waals surface area contributed by atoms with Crippen LogP contribution in [0.3, 0.4) is 0 Å². The molecule has 0 aliphatic carbocycles. The molecule has 1 aromatic heterocycles. The highest BCUT2D eigenvalue weighted by Crippen LogP contribution is 2.36. The molecule has 8 heteroatoms. The molecule has 0 unspecified atom stereocenters. The molecule has 118 valence electrons. The first-order valence-corrected chi connectivity index (χ1v) is 7.51. The Morgan fingerprint density at radius 3 is 2.59 bits per heavy atom. The van der Waals surface area contributed by atoms with Gasteiger partial charge in [0.1, 0.15) is 4.88 Å². The van der Waals surface area contributed by atoms with E-state index in [0.29, 0.717) is 4.88 Å². The summed E-state index contributed by atoms with van der Waals surface area (Å²) in [6, 6.07) is 3.23. The molecule has 22 heavy (non-hydrogen) atoms. The normalized spacial score (nSPS) is 11.8. The van der Waals surface area contributed by atoms with Gasteiger partial charge in [-0.2, -0.15) is 13.2 Å². The van der Waals surface area contributed by atoms with Crippen LogP contribution in [0.2, 0.25) is 5.02 Å². The highest BCUT2D eigenvalue weighted by atomic mass is 35.5. The molecule has 0 bridgehead atoms. The van der Waals surface area contributed by atoms with E-state index in [-0.39, 0.29) is 11.6 Å². The first kappa shape index (κ1) is 16.8. The molecule has 0 atom stereocenters. The Kier molecular flexibility index (Phi) is 4.77. The minimum atomic E-state index is -4.58. The highest BCUT2D eigenvalue weighted by molar-refractivity contribution is 7.13. The van der Waals surface area contributed by atoms with Gasteiger partial charge in [-0.3, -0.25) is 4.79 Å². The summed E-state index contributed by atoms with van der Waals surface area (Å²) in [7, 11) is 0. The number of benzene rings is 1. The summed E-state index contributed by atoms with van der Waals surface area (Å²) in [6.45, 7) is 3.88. The predicted molar refractivity (Wildman–Crippen MR) is 80.6 cm³/mol. The molecule has 2 rings (SSSR count). The Morgan fingerprint density at radius 1 is 1.36 bits per heavy atom. The second-order valence-electron chi connectivity index (χ2n) is 4.86. The third-order valence-corrected chi connectivity index (χ3v) is 4.40. The topological polar surface area (TPSA) is 42.0 Å². The van der Waals surface area contributed by atoms with Crippen molar-refractivity contribution in [2.75, 3.05) is 5.32 Å². The fourth-order valence-electron chi connectivity index (χ4n) is 1.67. The number of aromatic nitrogens is 1. The van der Waals surface area contributed by atoms with Crippen LogP contribution in [0.25, 0.3) is 0 Å². The molecule has 2 aromatic rings. The number of nitrogens with one attached hydrogen (secondary N) is 1. The molecule has 1 aromatic carbocycles. The molecule has 0 saturated carbocycles. The van der Waals surface area contributed by atoms with Crippen LogP contribution in [0, 0.1) is 0 Å². The Hall–Kier alpha value is -1.60. The number of nitrogens with zero attached hydrogens (tertiary/aromatic N) is 1. The van der Waals surface area contributed by atoms with Gasteiger partial charge in [0.25, 0.3) is 5.91 Å². The number of anilines is 1. The number of hydrogen-bond acceptors (Lipinski definition) is 3. The van der Waals surface area contributed by atoms with Crippen LogP contribution in [0.1, 0.15) is 40.0 Å². The molecule has 1 amide bonds. The van der Waals surface area contributed by atoms with E-state index in [0.717, 1.165) is 17.1 Å². The van der Waals surface area contributed by atoms with Crippen LogP contribution in [0.15, 0.2) is 24.4 Å². The van der Waals surface area contributed by atoms with Gasteiger partial charge in [0.2, 0.25) is 0 Å². The van der Waals surface area contributed by atoms with Gasteiger partial charge in [-0.1, -0.05) is 25.4 Å². The van der Waals surface area contributed by atoms with Crippen molar-refractivity contribution in [1.29, 1.82) is 0 Å². The molecular formula is C14H12ClF3N2OS. The molecule has 3 nitrogen and oxygen atoms in total. The molecule has 0 aliphatic heterocycles. The third kappa shape index (κ3) is 3.78. The predicted octanol–water partition coefficient (Wildman–Crippen LogP) is 5.19. The molecule has 1 N–H and O–H groups in total. The Labute approximate surface area is 134 Å². The van der Waals surface area contributed by atoms with Gasteiger partial charge in [0.05, 0.1) is 21.8 Å². The van der Waals surface area contributed by atoms with Crippen LogP contribution in [0.5, 0.6) is 0 Å². The van der Waals surface area contributed by atoms with Gasteiger partial charge in [-0.25, -0.2) is 4.98 Å². The van der Waals surface area contributed by atoms with Gasteiger partial charge >= 0.3 is 6.18 Å². The van der Waals surface area contributed by atoms with Crippen molar-refractivity contribution in [3.05, 3.63) is 44.9 Å². The third-order valence-electron chi connectivity index (χ3n) is 2.77. The summed E-state index contributed by atoms with van der Waals surface area (Å²) < 4.78 is 38.3. The number of hydrogen-bond donors (Lipinski definition) is 1. The van der Waals surface area contributed by atoms with Crippen LogP contribution in [0.4, 0.5) is 18.9 Å². The van der Waals surface area contributed by atoms with Gasteiger partial charge in [-0.15, -0.1) is 11.3 Å². The summed E-state index contributed by atoms with van der Waals surface area (Å²) in [5.74, 6) is -0.321. The van der Waals surface area contributed by atoms with E-state index in [4.69, 9.17) is 11.6 Å². The van der Waals surface area contributed by atoms with Crippen molar-refractivity contribution in [2.45, 2.75) is 25.9 Å². The van der Waals surface area contributed by atoms with E-state index in [1.165, 1.54) is 23.6 Å². The zero-order valence-electron chi connectivity index (χ0n) is 11.7. The van der Waals surface area contributed by atoms with Crippen molar-refractivity contribution >= 4 is 34.5 Å². The fourth-order valence-corrected chi connectivity index (χ4v) is 2.71. The van der Waals surface area contributed by atoms with Crippen molar-refractivity contribution in [1.82, 2.24) is 4.98 Å². The Bertz CT molecular complexity index is 698. The number of carbonyl (C=O) groups is 1. The standard InChI is InChI=1S/C14H12ClF3N2OS/c1-7(2)13-19-6-11(22-13)12(21)20-8-3-4-10(15)9(5-8)14(16,17)18/h3-7H,1-2H3,(H,20,21). The number of amides is 1. The van der Waals surface area contributed by atoms with Gasteiger partial charge < -0.3 is 5.32 Å². The molecule has 0 fully saturated rings. The fraction of sp³-hybridized carbons (Fsp3) is 0.286. The van der Waals surface area contributed by atoms with E-state index in [1.54, 1.807) is 0 Å². The maximum Gasteiger partial charge on any atom is 0.417 e. The minimum Gasteiger partial charge on any atom is -0.321 e. The zero-order chi connectivity index (χ0) is 16.5. The maximum absolute atomic E-state index is 12.8. The summed E-state index contributed by atoms with van der Waals surface area (Å²) >= 11 is 6.74. The smallest absolute Gasteiger partial charge is 0.321 e. The van der Waals surface area contributed by atoms with Gasteiger partial charge in [-0.05, 0) is 18.2 Å². The summed E-state index contributed by atoms with van der Waals surface area (Å²) in [5.41, 5.74) is -0.958. The SMILES string of the molecule is CC(C)c1ncc(C(=O)Nc2ccc(Cl)c(C(F)(F)F)c2)s1. The lowest BCUT2D eigenvalue weighted by Gasteiger charge is -2.11. The van der Waals surface area contributed by atoms with E-state index < -0.39 is 22.7 Å². The second kappa shape index (κ2) is 6.26. The van der Waals surface area contributed by atoms with Crippen molar-refractivity contribution in [3.63, 3.8) is 0 Å². The Balaban J connectivity index is 2.21. The molecule has 0 radical (unpaired) electrons. The van der Waals surface area contributed by atoms with Gasteiger partial charge in [0.15, 0.2) is 0 Å². The molecule has 0 aliphatic rings. The zero-order valence-corrected chi connectivity index (χ0v) is 13.2. The molecule has 0 saturated heterocycles. The van der Waals surface area contributed by atoms with Crippen LogP contribution in [-0.2, 0) is 6.18 Å². The van der Waals surface area contributed by atoms with Gasteiger partial charge in [0, 0.05) is 11.6 Å². The summed E-state index contributed by atoms with van der Waals surface area (Å²) in [5, 5.41) is 2.80. The quantitative estimate of drug-likeness (QED) is 0.829. The average molecular weight is 349 g/mol. The van der Waals surface area contributed by atoms with E-state index >= 15 is 0 Å². The van der Waals surface area contributed by atoms with E-state index in [2.05, 4.69) is 10.3 Å². The van der Waals surface area contributed by atoms with Crippen LogP contribution < -0.4 is 5.32 Å². The summed E-state index contributed by atoms with van der Waals surface area (Å²) in [4.78, 5) is 16.5. The van der Waals surface area contributed by atoms with Crippen LogP contribution >= 0.6 is 22.9 Å². The largest absolute Gasteiger partial charge is 0.417 e. The lowest BCUT2D eigenvalue weighted by atomic mass is 10.2. The minimum absolute atomic E-state index is 0.0289. The first-order chi connectivity index (χ1) is 10.2. The van der Waals surface area contributed by atoms with Crippen LogP contribution in [-0.4, -0.2) is 10.9 Å². The number of alkyl halides is 3. The molecule has 0 spiro atoms. The number of halogens is 4.